The number of fused-ring (bicyclic) bond motifs is 1. The van der Waals surface area contributed by atoms with Crippen molar-refractivity contribution in [3.8, 4) is 0 Å². The van der Waals surface area contributed by atoms with Gasteiger partial charge >= 0.3 is 0 Å². The largest absolute Gasteiger partial charge is 0.0693 e. The zero-order valence-electron chi connectivity index (χ0n) is 16.7. The number of benzene rings is 2. The second-order valence-electron chi connectivity index (χ2n) is 7.84. The van der Waals surface area contributed by atoms with Gasteiger partial charge in [0, 0.05) is 0 Å². The Morgan fingerprint density at radius 1 is 0.583 bits per heavy atom. The molecule has 132 valence electrons. The van der Waals surface area contributed by atoms with Crippen LogP contribution in [-0.4, -0.2) is 22.6 Å². The fourth-order valence-electron chi connectivity index (χ4n) is 3.99. The van der Waals surface area contributed by atoms with Crippen LogP contribution in [0.25, 0.3) is 10.8 Å². The molecule has 0 aromatic heterocycles. The van der Waals surface area contributed by atoms with Gasteiger partial charge in [0.15, 0.2) is 0 Å². The predicted octanol–water partition coefficient (Wildman–Crippen LogP) is 6.69. The average molecular weight is 360 g/mol. The molecule has 0 heterocycles. The highest BCUT2D eigenvalue weighted by Crippen LogP contribution is 2.51. The van der Waals surface area contributed by atoms with Crippen LogP contribution in [0.2, 0.25) is 0 Å². The summed E-state index contributed by atoms with van der Waals surface area (Å²) in [5, 5.41) is 6.31. The fraction of sp³-hybridized carbons (Fsp3) is 0.545. The third-order valence-electron chi connectivity index (χ3n) is 4.64. The number of hydrogen-bond acceptors (Lipinski definition) is 0. The number of rotatable bonds is 6. The Hall–Kier alpha value is -0.440. The quantitative estimate of drug-likeness (QED) is 0.504. The molecule has 0 aliphatic rings. The van der Waals surface area contributed by atoms with Crippen molar-refractivity contribution in [2.75, 3.05) is 0 Å². The van der Waals surface area contributed by atoms with Gasteiger partial charge in [-0.05, 0) is 44.0 Å². The van der Waals surface area contributed by atoms with Gasteiger partial charge in [0.05, 0.1) is 0 Å². The van der Waals surface area contributed by atoms with Crippen LogP contribution in [-0.2, 0) is 0 Å². The minimum atomic E-state index is -0.160. The summed E-state index contributed by atoms with van der Waals surface area (Å²) >= 11 is 0. The van der Waals surface area contributed by atoms with E-state index in [1.807, 2.05) is 0 Å². The molecule has 0 saturated heterocycles. The molecule has 24 heavy (non-hydrogen) atoms. The average Bonchev–Trinajstić information content (AvgIpc) is 2.47. The van der Waals surface area contributed by atoms with Crippen molar-refractivity contribution in [2.45, 2.75) is 78.0 Å². The van der Waals surface area contributed by atoms with Gasteiger partial charge in [-0.3, -0.25) is 0 Å². The lowest BCUT2D eigenvalue weighted by Gasteiger charge is -2.35. The van der Waals surface area contributed by atoms with Crippen LogP contribution in [0.3, 0.4) is 0 Å². The van der Waals surface area contributed by atoms with E-state index in [-0.39, 0.29) is 15.8 Å². The van der Waals surface area contributed by atoms with Crippen LogP contribution in [0.1, 0.15) is 55.4 Å². The van der Waals surface area contributed by atoms with Crippen LogP contribution in [0.5, 0.6) is 0 Å². The Kier molecular flexibility index (Phi) is 6.87. The molecule has 0 radical (unpaired) electrons. The summed E-state index contributed by atoms with van der Waals surface area (Å²) in [4.78, 5) is 0. The van der Waals surface area contributed by atoms with Crippen molar-refractivity contribution in [1.82, 2.24) is 0 Å². The van der Waals surface area contributed by atoms with Gasteiger partial charge in [-0.2, -0.15) is 0 Å². The number of hydrogen-bond donors (Lipinski definition) is 0. The monoisotopic (exact) mass is 360 g/mol. The highest BCUT2D eigenvalue weighted by molar-refractivity contribution is 7.73. The molecule has 2 aromatic carbocycles. The lowest BCUT2D eigenvalue weighted by atomic mass is 10.1. The molecule has 0 nitrogen and oxygen atoms in total. The second-order valence-corrected chi connectivity index (χ2v) is 14.5. The normalized spacial score (nSPS) is 12.8. The summed E-state index contributed by atoms with van der Waals surface area (Å²) in [6.07, 6.45) is 0. The SMILES string of the molecule is CC(C)P(c1ccc2ccccc2c1P(C(C)C)C(C)C)C(C)C. The van der Waals surface area contributed by atoms with E-state index in [9.17, 15) is 0 Å². The Labute approximate surface area is 151 Å². The van der Waals surface area contributed by atoms with Gasteiger partial charge < -0.3 is 0 Å². The van der Waals surface area contributed by atoms with Gasteiger partial charge in [-0.25, -0.2) is 0 Å². The van der Waals surface area contributed by atoms with E-state index in [0.717, 1.165) is 22.6 Å². The highest BCUT2D eigenvalue weighted by Gasteiger charge is 2.29. The third kappa shape index (κ3) is 4.03. The molecule has 0 aliphatic heterocycles. The molecule has 0 fully saturated rings. The van der Waals surface area contributed by atoms with E-state index in [0.29, 0.717) is 0 Å². The van der Waals surface area contributed by atoms with Gasteiger partial charge in [-0.15, -0.1) is 0 Å². The Balaban J connectivity index is 2.82. The van der Waals surface area contributed by atoms with Gasteiger partial charge in [0.25, 0.3) is 0 Å². The molecule has 0 N–H and O–H groups in total. The second kappa shape index (κ2) is 8.29. The van der Waals surface area contributed by atoms with Gasteiger partial charge in [0.2, 0.25) is 0 Å². The molecule has 2 rings (SSSR count). The lowest BCUT2D eigenvalue weighted by molar-refractivity contribution is 1.02. The molecular formula is C22H34P2. The van der Waals surface area contributed by atoms with Crippen LogP contribution in [0.4, 0.5) is 0 Å². The summed E-state index contributed by atoms with van der Waals surface area (Å²) in [5.74, 6) is 0. The minimum absolute atomic E-state index is 0.134. The molecule has 0 spiro atoms. The van der Waals surface area contributed by atoms with Crippen molar-refractivity contribution < 1.29 is 0 Å². The Morgan fingerprint density at radius 2 is 1.08 bits per heavy atom. The lowest BCUT2D eigenvalue weighted by Crippen LogP contribution is -2.31. The van der Waals surface area contributed by atoms with Crippen molar-refractivity contribution in [2.24, 2.45) is 0 Å². The van der Waals surface area contributed by atoms with E-state index in [4.69, 9.17) is 0 Å². The van der Waals surface area contributed by atoms with E-state index in [1.54, 1.807) is 10.6 Å². The Morgan fingerprint density at radius 3 is 1.58 bits per heavy atom. The maximum absolute atomic E-state index is 2.48. The smallest absolute Gasteiger partial charge is 0.00805 e. The third-order valence-corrected chi connectivity index (χ3v) is 11.2. The summed E-state index contributed by atoms with van der Waals surface area (Å²) < 4.78 is 0. The van der Waals surface area contributed by atoms with Crippen molar-refractivity contribution in [1.29, 1.82) is 0 Å². The topological polar surface area (TPSA) is 0 Å². The van der Waals surface area contributed by atoms with Crippen LogP contribution < -0.4 is 10.6 Å². The van der Waals surface area contributed by atoms with Crippen molar-refractivity contribution in [3.63, 3.8) is 0 Å². The van der Waals surface area contributed by atoms with Crippen LogP contribution >= 0.6 is 15.8 Å². The first-order valence-corrected chi connectivity index (χ1v) is 12.3. The summed E-state index contributed by atoms with van der Waals surface area (Å²) in [7, 11) is -0.294. The molecule has 0 amide bonds. The maximum Gasteiger partial charge on any atom is -0.00805 e. The zero-order valence-corrected chi connectivity index (χ0v) is 18.5. The predicted molar refractivity (Wildman–Crippen MR) is 118 cm³/mol. The summed E-state index contributed by atoms with van der Waals surface area (Å²) in [6, 6.07) is 13.9. The van der Waals surface area contributed by atoms with E-state index >= 15 is 0 Å². The van der Waals surface area contributed by atoms with E-state index < -0.39 is 0 Å². The Bertz CT molecular complexity index is 655. The van der Waals surface area contributed by atoms with Crippen molar-refractivity contribution in [3.05, 3.63) is 36.4 Å². The van der Waals surface area contributed by atoms with E-state index in [1.165, 1.54) is 10.8 Å². The summed E-state index contributed by atoms with van der Waals surface area (Å²) in [5.41, 5.74) is 2.91. The molecule has 0 aliphatic carbocycles. The molecule has 2 heteroatoms. The molecule has 0 atom stereocenters. The molecule has 0 bridgehead atoms. The van der Waals surface area contributed by atoms with E-state index in [2.05, 4.69) is 91.8 Å². The maximum atomic E-state index is 2.48. The zero-order chi connectivity index (χ0) is 18.0. The van der Waals surface area contributed by atoms with Gasteiger partial charge in [-0.1, -0.05) is 108 Å². The molecular weight excluding hydrogens is 326 g/mol. The van der Waals surface area contributed by atoms with Gasteiger partial charge in [0.1, 0.15) is 0 Å². The first-order chi connectivity index (χ1) is 11.3. The van der Waals surface area contributed by atoms with Crippen LogP contribution in [0.15, 0.2) is 36.4 Å². The first-order valence-electron chi connectivity index (χ1n) is 9.34. The van der Waals surface area contributed by atoms with Crippen LogP contribution in [0, 0.1) is 0 Å². The first kappa shape index (κ1) is 19.9. The fourth-order valence-corrected chi connectivity index (χ4v) is 10.6. The molecule has 0 saturated carbocycles. The molecule has 2 aromatic rings. The highest BCUT2D eigenvalue weighted by atomic mass is 31.1. The summed E-state index contributed by atoms with van der Waals surface area (Å²) in [6.45, 7) is 19.3. The van der Waals surface area contributed by atoms with Crippen molar-refractivity contribution >= 4 is 37.2 Å². The minimum Gasteiger partial charge on any atom is -0.0693 e. The standard InChI is InChI=1S/C22H34P2/c1-15(2)23(16(3)4)21-14-13-19-11-9-10-12-20(19)22(21)24(17(5)6)18(7)8/h9-18H,1-8H3. The molecule has 0 unspecified atom stereocenters.